The molecule has 0 spiro atoms. The Hall–Kier alpha value is -1.90. The average molecular weight is 321 g/mol. The number of ketones is 1. The van der Waals surface area contributed by atoms with E-state index in [0.717, 1.165) is 23.3 Å². The third-order valence-corrected chi connectivity index (χ3v) is 6.67. The predicted molar refractivity (Wildman–Crippen MR) is 91.5 cm³/mol. The molecule has 0 aliphatic heterocycles. The maximum absolute atomic E-state index is 12.4. The molecule has 0 atom stereocenters. The zero-order valence-electron chi connectivity index (χ0n) is 14.1. The minimum Gasteiger partial charge on any atom is -0.290 e. The summed E-state index contributed by atoms with van der Waals surface area (Å²) in [4.78, 5) is 12.4. The summed E-state index contributed by atoms with van der Waals surface area (Å²) in [6.45, 7) is 0.434. The summed E-state index contributed by atoms with van der Waals surface area (Å²) < 4.78 is 4.52. The van der Waals surface area contributed by atoms with Gasteiger partial charge in [-0.05, 0) is 56.3 Å². The van der Waals surface area contributed by atoms with Gasteiger partial charge in [-0.2, -0.15) is 0 Å². The van der Waals surface area contributed by atoms with Crippen molar-refractivity contribution in [2.45, 2.75) is 50.6 Å². The van der Waals surface area contributed by atoms with Crippen molar-refractivity contribution in [3.63, 3.8) is 0 Å². The summed E-state index contributed by atoms with van der Waals surface area (Å²) >= 11 is 0. The van der Waals surface area contributed by atoms with Crippen molar-refractivity contribution in [2.75, 3.05) is 0 Å². The lowest BCUT2D eigenvalue weighted by Crippen LogP contribution is -2.52. The van der Waals surface area contributed by atoms with E-state index in [4.69, 9.17) is 0 Å². The number of hydrogen-bond donors (Lipinski definition) is 0. The maximum Gasteiger partial charge on any atom is 0.244 e. The molecule has 0 unspecified atom stereocenters. The minimum atomic E-state index is 0.184. The number of imidazole rings is 1. The molecule has 1 aromatic carbocycles. The van der Waals surface area contributed by atoms with Crippen LogP contribution in [-0.4, -0.2) is 10.4 Å². The zero-order chi connectivity index (χ0) is 16.1. The second-order valence-corrected chi connectivity index (χ2v) is 8.42. The van der Waals surface area contributed by atoms with Gasteiger partial charge in [-0.1, -0.05) is 30.3 Å². The van der Waals surface area contributed by atoms with Gasteiger partial charge in [0, 0.05) is 5.56 Å². The van der Waals surface area contributed by atoms with Gasteiger partial charge < -0.3 is 0 Å². The third kappa shape index (κ3) is 2.33. The van der Waals surface area contributed by atoms with Crippen LogP contribution in [0.2, 0.25) is 0 Å². The van der Waals surface area contributed by atoms with Crippen LogP contribution in [-0.2, 0) is 12.1 Å². The van der Waals surface area contributed by atoms with Crippen molar-refractivity contribution in [1.29, 1.82) is 0 Å². The molecule has 0 radical (unpaired) electrons. The lowest BCUT2D eigenvalue weighted by molar-refractivity contribution is -0.683. The van der Waals surface area contributed by atoms with Crippen LogP contribution in [0.15, 0.2) is 49.1 Å². The van der Waals surface area contributed by atoms with E-state index in [2.05, 4.69) is 27.9 Å². The van der Waals surface area contributed by atoms with Crippen molar-refractivity contribution in [3.05, 3.63) is 54.6 Å². The Morgan fingerprint density at radius 3 is 2.29 bits per heavy atom. The van der Waals surface area contributed by atoms with Crippen molar-refractivity contribution in [2.24, 2.45) is 17.8 Å². The van der Waals surface area contributed by atoms with Crippen LogP contribution in [0, 0.1) is 17.8 Å². The number of Topliss-reactive ketones (excluding diaryl/α,β-unsaturated/α-hetero) is 1. The number of aromatic nitrogens is 2. The molecule has 1 aromatic heterocycles. The van der Waals surface area contributed by atoms with Gasteiger partial charge in [-0.3, -0.25) is 4.79 Å². The maximum atomic E-state index is 12.4. The van der Waals surface area contributed by atoms with Crippen LogP contribution >= 0.6 is 0 Å². The van der Waals surface area contributed by atoms with E-state index in [9.17, 15) is 4.79 Å². The molecular weight excluding hydrogens is 296 g/mol. The Balaban J connectivity index is 1.37. The normalized spacial score (nSPS) is 33.8. The second-order valence-electron chi connectivity index (χ2n) is 8.42. The summed E-state index contributed by atoms with van der Waals surface area (Å²) in [7, 11) is 0. The number of benzene rings is 1. The van der Waals surface area contributed by atoms with Gasteiger partial charge in [-0.15, -0.1) is 0 Å². The molecule has 4 saturated carbocycles. The van der Waals surface area contributed by atoms with E-state index in [1.807, 2.05) is 30.3 Å². The predicted octanol–water partition coefficient (Wildman–Crippen LogP) is 3.58. The highest BCUT2D eigenvalue weighted by atomic mass is 16.1. The van der Waals surface area contributed by atoms with E-state index >= 15 is 0 Å². The molecule has 3 heteroatoms. The molecule has 4 bridgehead atoms. The Morgan fingerprint density at radius 1 is 1.04 bits per heavy atom. The van der Waals surface area contributed by atoms with E-state index in [0.29, 0.717) is 12.1 Å². The molecule has 0 saturated heterocycles. The summed E-state index contributed by atoms with van der Waals surface area (Å²) in [6, 6.07) is 9.61. The van der Waals surface area contributed by atoms with Gasteiger partial charge in [0.25, 0.3) is 0 Å². The standard InChI is InChI=1S/C21H25N2O/c24-20(19-4-2-1-3-5-19)14-22-6-7-23(15-22)21-11-16-8-17(12-21)10-18(9-16)13-21/h1-7,15-18H,8-14H2/q+1. The van der Waals surface area contributed by atoms with Gasteiger partial charge in [-0.25, -0.2) is 9.13 Å². The van der Waals surface area contributed by atoms with Gasteiger partial charge in [0.05, 0.1) is 0 Å². The summed E-state index contributed by atoms with van der Waals surface area (Å²) in [5.74, 6) is 3.01. The van der Waals surface area contributed by atoms with Gasteiger partial charge in [0.15, 0.2) is 6.54 Å². The number of carbonyl (C=O) groups is 1. The minimum absolute atomic E-state index is 0.184. The number of rotatable bonds is 4. The molecule has 0 N–H and O–H groups in total. The Kier molecular flexibility index (Phi) is 3.19. The molecule has 6 rings (SSSR count). The summed E-state index contributed by atoms with van der Waals surface area (Å²) in [5, 5.41) is 0. The number of carbonyl (C=O) groups excluding carboxylic acids is 1. The van der Waals surface area contributed by atoms with Crippen LogP contribution < -0.4 is 4.57 Å². The first-order valence-electron chi connectivity index (χ1n) is 9.36. The molecule has 4 aliphatic rings. The number of nitrogens with zero attached hydrogens (tertiary/aromatic N) is 2. The van der Waals surface area contributed by atoms with Crippen molar-refractivity contribution in [1.82, 2.24) is 4.57 Å². The highest BCUT2D eigenvalue weighted by Gasteiger charge is 2.54. The largest absolute Gasteiger partial charge is 0.290 e. The van der Waals surface area contributed by atoms with Crippen LogP contribution in [0.5, 0.6) is 0 Å². The fourth-order valence-electron chi connectivity index (χ4n) is 6.03. The molecular formula is C21H25N2O+. The Bertz CT molecular complexity index is 726. The molecule has 2 aromatic rings. The van der Waals surface area contributed by atoms with E-state index in [1.54, 1.807) is 0 Å². The monoisotopic (exact) mass is 321 g/mol. The molecule has 4 fully saturated rings. The summed E-state index contributed by atoms with van der Waals surface area (Å²) in [5.41, 5.74) is 1.14. The zero-order valence-corrected chi connectivity index (χ0v) is 14.1. The quantitative estimate of drug-likeness (QED) is 0.624. The second kappa shape index (κ2) is 5.30. The first kappa shape index (κ1) is 14.4. The first-order valence-corrected chi connectivity index (χ1v) is 9.36. The molecule has 24 heavy (non-hydrogen) atoms. The highest BCUT2D eigenvalue weighted by molar-refractivity contribution is 5.94. The van der Waals surface area contributed by atoms with Crippen LogP contribution in [0.4, 0.5) is 0 Å². The smallest absolute Gasteiger partial charge is 0.244 e. The van der Waals surface area contributed by atoms with Crippen molar-refractivity contribution in [3.8, 4) is 0 Å². The molecule has 0 amide bonds. The van der Waals surface area contributed by atoms with Gasteiger partial charge >= 0.3 is 0 Å². The van der Waals surface area contributed by atoms with E-state index in [-0.39, 0.29) is 5.78 Å². The fraction of sp³-hybridized carbons (Fsp3) is 0.524. The molecule has 124 valence electrons. The van der Waals surface area contributed by atoms with E-state index < -0.39 is 0 Å². The lowest BCUT2D eigenvalue weighted by Gasteiger charge is -2.54. The first-order chi connectivity index (χ1) is 11.7. The van der Waals surface area contributed by atoms with Crippen LogP contribution in [0.25, 0.3) is 0 Å². The molecule has 4 aliphatic carbocycles. The Labute approximate surface area is 143 Å². The Morgan fingerprint density at radius 2 is 1.67 bits per heavy atom. The third-order valence-electron chi connectivity index (χ3n) is 6.67. The average Bonchev–Trinajstić information content (AvgIpc) is 3.04. The lowest BCUT2D eigenvalue weighted by atomic mass is 9.53. The van der Waals surface area contributed by atoms with Gasteiger partial charge in [0.1, 0.15) is 17.9 Å². The summed E-state index contributed by atoms with van der Waals surface area (Å²) in [6.07, 6.45) is 14.9. The highest BCUT2D eigenvalue weighted by Crippen LogP contribution is 2.58. The van der Waals surface area contributed by atoms with Gasteiger partial charge in [0.2, 0.25) is 12.1 Å². The fourth-order valence-corrected chi connectivity index (χ4v) is 6.03. The molecule has 3 nitrogen and oxygen atoms in total. The van der Waals surface area contributed by atoms with Crippen LogP contribution in [0.1, 0.15) is 48.9 Å². The van der Waals surface area contributed by atoms with Crippen LogP contribution in [0.3, 0.4) is 0 Å². The van der Waals surface area contributed by atoms with Crippen molar-refractivity contribution >= 4 is 5.78 Å². The van der Waals surface area contributed by atoms with Crippen molar-refractivity contribution < 1.29 is 9.36 Å². The topological polar surface area (TPSA) is 25.9 Å². The SMILES string of the molecule is O=C(C[n+]1ccn(C23CC4CC(CC(C4)C2)C3)c1)c1ccccc1. The van der Waals surface area contributed by atoms with E-state index in [1.165, 1.54) is 38.5 Å². The molecule has 1 heterocycles. The number of hydrogen-bond acceptors (Lipinski definition) is 1.